The molecule has 164 valence electrons. The summed E-state index contributed by atoms with van der Waals surface area (Å²) < 4.78 is 23.9. The van der Waals surface area contributed by atoms with Gasteiger partial charge in [-0.25, -0.2) is 9.18 Å². The Morgan fingerprint density at radius 3 is 2.81 bits per heavy atom. The van der Waals surface area contributed by atoms with Gasteiger partial charge >= 0.3 is 5.97 Å². The molecule has 1 aromatic carbocycles. The van der Waals surface area contributed by atoms with Gasteiger partial charge < -0.3 is 20.1 Å². The van der Waals surface area contributed by atoms with Gasteiger partial charge in [-0.15, -0.1) is 11.3 Å². The van der Waals surface area contributed by atoms with E-state index in [4.69, 9.17) is 4.74 Å². The van der Waals surface area contributed by atoms with E-state index in [0.717, 1.165) is 11.3 Å². The van der Waals surface area contributed by atoms with Crippen molar-refractivity contribution in [3.8, 4) is 11.8 Å². The molecule has 0 saturated heterocycles. The number of amides is 1. The van der Waals surface area contributed by atoms with Crippen molar-refractivity contribution in [2.24, 2.45) is 0 Å². The van der Waals surface area contributed by atoms with Crippen molar-refractivity contribution in [1.29, 1.82) is 5.26 Å². The lowest BCUT2D eigenvalue weighted by molar-refractivity contribution is -0.142. The van der Waals surface area contributed by atoms with Gasteiger partial charge in [-0.2, -0.15) is 5.26 Å². The minimum absolute atomic E-state index is 0.189. The summed E-state index contributed by atoms with van der Waals surface area (Å²) in [5, 5.41) is 14.6. The second-order valence-electron chi connectivity index (χ2n) is 5.93. The monoisotopic (exact) mass is 448 g/mol. The number of aromatic nitrogens is 1. The third-order valence-electron chi connectivity index (χ3n) is 3.95. The van der Waals surface area contributed by atoms with Crippen LogP contribution in [0.5, 0.6) is 5.75 Å². The number of hydrogen-bond acceptors (Lipinski definition) is 8. The largest absolute Gasteiger partial charge is 0.482 e. The number of benzene rings is 1. The number of methoxy groups -OCH3 is 1. The van der Waals surface area contributed by atoms with Crippen molar-refractivity contribution in [3.63, 3.8) is 0 Å². The Morgan fingerprint density at radius 2 is 2.16 bits per heavy atom. The summed E-state index contributed by atoms with van der Waals surface area (Å²) in [5.41, 5.74) is -0.0423. The van der Waals surface area contributed by atoms with Crippen LogP contribution in [0.15, 0.2) is 29.1 Å². The Balaban J connectivity index is 2.37. The van der Waals surface area contributed by atoms with Gasteiger partial charge in [0.2, 0.25) is 0 Å². The van der Waals surface area contributed by atoms with E-state index in [0.29, 0.717) is 11.4 Å². The Labute approximate surface area is 181 Å². The van der Waals surface area contributed by atoms with Crippen LogP contribution in [0.4, 0.5) is 10.1 Å². The van der Waals surface area contributed by atoms with Crippen LogP contribution in [0.2, 0.25) is 0 Å². The quantitative estimate of drug-likeness (QED) is 0.522. The predicted molar refractivity (Wildman–Crippen MR) is 114 cm³/mol. The third-order valence-corrected chi connectivity index (χ3v) is 5.08. The molecule has 0 atom stereocenters. The van der Waals surface area contributed by atoms with Crippen molar-refractivity contribution in [2.45, 2.75) is 13.5 Å². The molecule has 1 amide bonds. The van der Waals surface area contributed by atoms with Gasteiger partial charge in [0.15, 0.2) is 12.2 Å². The van der Waals surface area contributed by atoms with E-state index < -0.39 is 18.6 Å². The van der Waals surface area contributed by atoms with Crippen LogP contribution in [0.1, 0.15) is 6.92 Å². The van der Waals surface area contributed by atoms with Gasteiger partial charge in [-0.3, -0.25) is 14.2 Å². The Bertz CT molecular complexity index is 1170. The second-order valence-corrected chi connectivity index (χ2v) is 6.96. The highest BCUT2D eigenvalue weighted by atomic mass is 32.1. The van der Waals surface area contributed by atoms with E-state index in [1.54, 1.807) is 37.3 Å². The fourth-order valence-corrected chi connectivity index (χ4v) is 3.55. The average Bonchev–Trinajstić information content (AvgIpc) is 3.10. The van der Waals surface area contributed by atoms with Crippen LogP contribution >= 0.6 is 11.3 Å². The molecule has 1 heterocycles. The van der Waals surface area contributed by atoms with Gasteiger partial charge in [-0.1, -0.05) is 6.07 Å². The molecule has 11 heteroatoms. The molecule has 0 aliphatic heterocycles. The number of carbonyl (C=O) groups excluding carboxylic acids is 2. The minimum Gasteiger partial charge on any atom is -0.482 e. The molecule has 2 N–H and O–H groups in total. The fraction of sp³-hybridized carbons (Fsp3) is 0.300. The lowest BCUT2D eigenvalue weighted by atomic mass is 10.3. The van der Waals surface area contributed by atoms with E-state index in [1.165, 1.54) is 17.9 Å². The van der Waals surface area contributed by atoms with E-state index in [-0.39, 0.29) is 40.0 Å². The van der Waals surface area contributed by atoms with Crippen molar-refractivity contribution in [1.82, 2.24) is 9.88 Å². The maximum absolute atomic E-state index is 12.7. The fourth-order valence-electron chi connectivity index (χ4n) is 2.46. The molecule has 9 nitrogen and oxygen atoms in total. The summed E-state index contributed by atoms with van der Waals surface area (Å²) in [4.78, 5) is 36.0. The van der Waals surface area contributed by atoms with Crippen molar-refractivity contribution >= 4 is 40.7 Å². The number of thiazole rings is 1. The van der Waals surface area contributed by atoms with Gasteiger partial charge in [0, 0.05) is 31.0 Å². The van der Waals surface area contributed by atoms with Gasteiger partial charge in [0.1, 0.15) is 27.7 Å². The molecule has 2 aromatic rings. The molecule has 1 aromatic heterocycles. The molecular weight excluding hydrogens is 427 g/mol. The van der Waals surface area contributed by atoms with Crippen molar-refractivity contribution < 1.29 is 23.5 Å². The maximum Gasteiger partial charge on any atom is 0.343 e. The van der Waals surface area contributed by atoms with Crippen LogP contribution < -0.4 is 30.1 Å². The maximum atomic E-state index is 12.7. The first-order chi connectivity index (χ1) is 14.9. The van der Waals surface area contributed by atoms with Crippen LogP contribution in [0.3, 0.4) is 0 Å². The summed E-state index contributed by atoms with van der Waals surface area (Å²) in [6.07, 6.45) is 1.45. The summed E-state index contributed by atoms with van der Waals surface area (Å²) in [7, 11) is 1.26. The first-order valence-electron chi connectivity index (χ1n) is 9.19. The lowest BCUT2D eigenvalue weighted by Crippen LogP contribution is -2.35. The molecule has 0 aliphatic rings. The Hall–Kier alpha value is -3.65. The summed E-state index contributed by atoms with van der Waals surface area (Å²) in [6.45, 7) is 0.736. The number of esters is 1. The Morgan fingerprint density at radius 1 is 1.39 bits per heavy atom. The number of halogens is 1. The second kappa shape index (κ2) is 11.5. The number of nitrogens with one attached hydrogen (secondary N) is 2. The zero-order chi connectivity index (χ0) is 22.8. The number of ether oxygens (including phenoxy) is 2. The minimum atomic E-state index is -0.763. The molecule has 0 radical (unpaired) electrons. The van der Waals surface area contributed by atoms with Crippen LogP contribution in [-0.4, -0.2) is 43.4 Å². The molecule has 0 saturated carbocycles. The molecule has 0 fully saturated rings. The number of nitrogens with zero attached hydrogens (tertiary/aromatic N) is 2. The highest BCUT2D eigenvalue weighted by Gasteiger charge is 2.14. The van der Waals surface area contributed by atoms with Gasteiger partial charge in [-0.05, 0) is 19.1 Å². The summed E-state index contributed by atoms with van der Waals surface area (Å²) >= 11 is 0.972. The van der Waals surface area contributed by atoms with Crippen molar-refractivity contribution in [2.75, 3.05) is 32.3 Å². The van der Waals surface area contributed by atoms with Gasteiger partial charge in [0.05, 0.1) is 7.11 Å². The topological polar surface area (TPSA) is 122 Å². The first-order valence-corrected chi connectivity index (χ1v) is 10.0. The van der Waals surface area contributed by atoms with Crippen LogP contribution in [0.25, 0.3) is 11.8 Å². The summed E-state index contributed by atoms with van der Waals surface area (Å²) in [5.74, 6) is -0.832. The van der Waals surface area contributed by atoms with Crippen LogP contribution in [-0.2, 0) is 20.9 Å². The lowest BCUT2D eigenvalue weighted by Gasteiger charge is -2.06. The Kier molecular flexibility index (Phi) is 8.78. The predicted octanol–water partition coefficient (Wildman–Crippen LogP) is 0.0916. The SMILES string of the molecule is CCn1c(=O)/c(=C\Nc2cccc(OCC(=O)OC)c2)s/c1=C(/C#N)C(=O)NCCF. The van der Waals surface area contributed by atoms with E-state index >= 15 is 0 Å². The number of rotatable bonds is 9. The van der Waals surface area contributed by atoms with E-state index in [9.17, 15) is 24.0 Å². The summed E-state index contributed by atoms with van der Waals surface area (Å²) in [6, 6.07) is 8.51. The third kappa shape index (κ3) is 6.16. The number of nitriles is 1. The van der Waals surface area contributed by atoms with E-state index in [1.807, 2.05) is 0 Å². The van der Waals surface area contributed by atoms with Crippen LogP contribution in [0, 0.1) is 11.3 Å². The highest BCUT2D eigenvalue weighted by Crippen LogP contribution is 2.17. The molecular formula is C20H21FN4O5S. The normalized spacial score (nSPS) is 12.0. The zero-order valence-electron chi connectivity index (χ0n) is 16.9. The molecule has 0 aliphatic carbocycles. The number of carbonyl (C=O) groups is 2. The first kappa shape index (κ1) is 23.6. The van der Waals surface area contributed by atoms with Crippen molar-refractivity contribution in [3.05, 3.63) is 43.8 Å². The van der Waals surface area contributed by atoms with E-state index in [2.05, 4.69) is 15.4 Å². The average molecular weight is 448 g/mol. The molecule has 0 spiro atoms. The number of hydrogen-bond donors (Lipinski definition) is 2. The number of alkyl halides is 1. The van der Waals surface area contributed by atoms with Gasteiger partial charge in [0.25, 0.3) is 11.5 Å². The molecule has 0 bridgehead atoms. The number of anilines is 1. The smallest absolute Gasteiger partial charge is 0.343 e. The highest BCUT2D eigenvalue weighted by molar-refractivity contribution is 7.07. The zero-order valence-corrected chi connectivity index (χ0v) is 17.8. The molecule has 0 unspecified atom stereocenters. The molecule has 31 heavy (non-hydrogen) atoms. The standard InChI is InChI=1S/C20H21FN4O5S/c1-3-25-19(28)16(31-20(25)15(10-22)18(27)23-8-7-21)11-24-13-5-4-6-14(9-13)30-12-17(26)29-2/h4-6,9,11,24H,3,7-8,12H2,1-2H3,(H,23,27)/b16-11+,20-15-. The molecule has 2 rings (SSSR count).